The predicted molar refractivity (Wildman–Crippen MR) is 82.8 cm³/mol. The number of amides is 2. The van der Waals surface area contributed by atoms with Crippen LogP contribution in [0.1, 0.15) is 52.4 Å². The van der Waals surface area contributed by atoms with Gasteiger partial charge in [0.1, 0.15) is 0 Å². The first-order chi connectivity index (χ1) is 10.2. The molecule has 1 saturated heterocycles. The van der Waals surface area contributed by atoms with Crippen molar-refractivity contribution in [3.8, 4) is 0 Å². The Bertz CT molecular complexity index is 369. The first-order valence-corrected chi connectivity index (χ1v) is 8.47. The molecule has 1 heterocycles. The van der Waals surface area contributed by atoms with Crippen molar-refractivity contribution in [3.05, 3.63) is 0 Å². The Labute approximate surface area is 127 Å². The number of hydrogen-bond acceptors (Lipinski definition) is 3. The van der Waals surface area contributed by atoms with Gasteiger partial charge in [-0.25, -0.2) is 0 Å². The third kappa shape index (κ3) is 4.19. The lowest BCUT2D eigenvalue weighted by molar-refractivity contribution is -0.133. The molecular weight excluding hydrogens is 266 g/mol. The van der Waals surface area contributed by atoms with Crippen LogP contribution in [-0.2, 0) is 9.59 Å². The van der Waals surface area contributed by atoms with Gasteiger partial charge in [-0.2, -0.15) is 0 Å². The van der Waals surface area contributed by atoms with Crippen molar-refractivity contribution in [1.82, 2.24) is 15.5 Å². The van der Waals surface area contributed by atoms with Gasteiger partial charge in [0.2, 0.25) is 11.8 Å². The number of likely N-dealkylation sites (N-methyl/N-ethyl adjacent to an activating group) is 1. The highest BCUT2D eigenvalue weighted by atomic mass is 16.2. The molecule has 2 amide bonds. The van der Waals surface area contributed by atoms with E-state index in [-0.39, 0.29) is 24.4 Å². The van der Waals surface area contributed by atoms with Gasteiger partial charge in [-0.3, -0.25) is 9.59 Å². The van der Waals surface area contributed by atoms with Crippen molar-refractivity contribution in [3.63, 3.8) is 0 Å². The minimum atomic E-state index is -0.117. The Morgan fingerprint density at radius 2 is 1.81 bits per heavy atom. The highest BCUT2D eigenvalue weighted by molar-refractivity contribution is 5.87. The topological polar surface area (TPSA) is 61.4 Å². The summed E-state index contributed by atoms with van der Waals surface area (Å²) in [6.45, 7) is 5.41. The molecule has 5 heteroatoms. The molecule has 0 bridgehead atoms. The number of carbonyl (C=O) groups excluding carboxylic acids is 2. The van der Waals surface area contributed by atoms with Crippen LogP contribution in [-0.4, -0.2) is 48.4 Å². The van der Waals surface area contributed by atoms with Gasteiger partial charge in [-0.05, 0) is 45.4 Å². The second-order valence-electron chi connectivity index (χ2n) is 6.23. The zero-order chi connectivity index (χ0) is 15.2. The molecule has 5 nitrogen and oxygen atoms in total. The molecule has 2 rings (SSSR count). The van der Waals surface area contributed by atoms with Gasteiger partial charge < -0.3 is 15.5 Å². The van der Waals surface area contributed by atoms with Crippen LogP contribution < -0.4 is 10.6 Å². The summed E-state index contributed by atoms with van der Waals surface area (Å²) in [6.07, 6.45) is 7.12. The van der Waals surface area contributed by atoms with Gasteiger partial charge in [0.05, 0.1) is 12.6 Å². The molecule has 2 aliphatic rings. The highest BCUT2D eigenvalue weighted by Crippen LogP contribution is 2.32. The van der Waals surface area contributed by atoms with Gasteiger partial charge >= 0.3 is 0 Å². The SMILES string of the molecule is CCN(CC)C(=O)CNC(=O)C1CCC2CCCCC2N1. The molecule has 0 spiro atoms. The van der Waals surface area contributed by atoms with Crippen LogP contribution in [0.3, 0.4) is 0 Å². The Morgan fingerprint density at radius 1 is 1.10 bits per heavy atom. The van der Waals surface area contributed by atoms with Crippen LogP contribution in [0.15, 0.2) is 0 Å². The Kier molecular flexibility index (Phi) is 6.03. The van der Waals surface area contributed by atoms with Gasteiger partial charge in [-0.15, -0.1) is 0 Å². The quantitative estimate of drug-likeness (QED) is 0.803. The average Bonchev–Trinajstić information content (AvgIpc) is 2.53. The van der Waals surface area contributed by atoms with Crippen molar-refractivity contribution in [2.45, 2.75) is 64.5 Å². The largest absolute Gasteiger partial charge is 0.346 e. The molecule has 0 aromatic rings. The summed E-state index contributed by atoms with van der Waals surface area (Å²) < 4.78 is 0. The Hall–Kier alpha value is -1.10. The van der Waals surface area contributed by atoms with E-state index in [1.165, 1.54) is 25.7 Å². The number of hydrogen-bond donors (Lipinski definition) is 2. The Balaban J connectivity index is 1.77. The lowest BCUT2D eigenvalue weighted by Gasteiger charge is -2.39. The fourth-order valence-corrected chi connectivity index (χ4v) is 3.68. The number of rotatable bonds is 5. The molecule has 2 fully saturated rings. The summed E-state index contributed by atoms with van der Waals surface area (Å²) in [5.41, 5.74) is 0. The fourth-order valence-electron chi connectivity index (χ4n) is 3.68. The summed E-state index contributed by atoms with van der Waals surface area (Å²) in [5.74, 6) is 0.735. The highest BCUT2D eigenvalue weighted by Gasteiger charge is 2.34. The first-order valence-electron chi connectivity index (χ1n) is 8.47. The van der Waals surface area contributed by atoms with Crippen LogP contribution in [0.25, 0.3) is 0 Å². The molecule has 3 unspecified atom stereocenters. The average molecular weight is 295 g/mol. The molecule has 0 aromatic heterocycles. The molecule has 0 aromatic carbocycles. The molecule has 0 radical (unpaired) electrons. The first kappa shape index (κ1) is 16.3. The molecule has 2 N–H and O–H groups in total. The van der Waals surface area contributed by atoms with Crippen molar-refractivity contribution in [2.24, 2.45) is 5.92 Å². The Morgan fingerprint density at radius 3 is 2.52 bits per heavy atom. The van der Waals surface area contributed by atoms with E-state index in [4.69, 9.17) is 0 Å². The van der Waals surface area contributed by atoms with E-state index >= 15 is 0 Å². The second-order valence-corrected chi connectivity index (χ2v) is 6.23. The van der Waals surface area contributed by atoms with Gasteiger partial charge in [0.15, 0.2) is 0 Å². The molecule has 1 aliphatic heterocycles. The lowest BCUT2D eigenvalue weighted by Crippen LogP contribution is -2.55. The van der Waals surface area contributed by atoms with Crippen LogP contribution in [0.5, 0.6) is 0 Å². The zero-order valence-electron chi connectivity index (χ0n) is 13.4. The smallest absolute Gasteiger partial charge is 0.241 e. The van der Waals surface area contributed by atoms with Crippen LogP contribution >= 0.6 is 0 Å². The maximum Gasteiger partial charge on any atom is 0.241 e. The molecular formula is C16H29N3O2. The third-order valence-corrected chi connectivity index (χ3v) is 5.00. The summed E-state index contributed by atoms with van der Waals surface area (Å²) >= 11 is 0. The predicted octanol–water partition coefficient (Wildman–Crippen LogP) is 1.28. The van der Waals surface area contributed by atoms with E-state index in [2.05, 4.69) is 10.6 Å². The van der Waals surface area contributed by atoms with Crippen molar-refractivity contribution in [2.75, 3.05) is 19.6 Å². The number of carbonyl (C=O) groups is 2. The standard InChI is InChI=1S/C16H29N3O2/c1-3-19(4-2)15(20)11-17-16(21)14-10-9-12-7-5-6-8-13(12)18-14/h12-14,18H,3-11H2,1-2H3,(H,17,21). The summed E-state index contributed by atoms with van der Waals surface area (Å²) in [6, 6.07) is 0.385. The summed E-state index contributed by atoms with van der Waals surface area (Å²) in [7, 11) is 0. The summed E-state index contributed by atoms with van der Waals surface area (Å²) in [4.78, 5) is 25.9. The van der Waals surface area contributed by atoms with Gasteiger partial charge in [0, 0.05) is 19.1 Å². The fraction of sp³-hybridized carbons (Fsp3) is 0.875. The normalized spacial score (nSPS) is 28.6. The van der Waals surface area contributed by atoms with Gasteiger partial charge in [-0.1, -0.05) is 12.8 Å². The zero-order valence-corrected chi connectivity index (χ0v) is 13.4. The monoisotopic (exact) mass is 295 g/mol. The summed E-state index contributed by atoms with van der Waals surface area (Å²) in [5, 5.41) is 6.30. The van der Waals surface area contributed by atoms with Crippen LogP contribution in [0.2, 0.25) is 0 Å². The molecule has 120 valence electrons. The number of fused-ring (bicyclic) bond motifs is 1. The van der Waals surface area contributed by atoms with E-state index < -0.39 is 0 Å². The van der Waals surface area contributed by atoms with Crippen LogP contribution in [0.4, 0.5) is 0 Å². The molecule has 21 heavy (non-hydrogen) atoms. The lowest BCUT2D eigenvalue weighted by atomic mass is 9.77. The van der Waals surface area contributed by atoms with Gasteiger partial charge in [0.25, 0.3) is 0 Å². The maximum absolute atomic E-state index is 12.2. The van der Waals surface area contributed by atoms with E-state index in [1.807, 2.05) is 13.8 Å². The van der Waals surface area contributed by atoms with Crippen LogP contribution in [0, 0.1) is 5.92 Å². The van der Waals surface area contributed by atoms with E-state index in [0.717, 1.165) is 18.8 Å². The molecule has 1 aliphatic carbocycles. The van der Waals surface area contributed by atoms with E-state index in [0.29, 0.717) is 19.1 Å². The molecule has 1 saturated carbocycles. The minimum absolute atomic E-state index is 0.000276. The number of nitrogens with zero attached hydrogens (tertiary/aromatic N) is 1. The van der Waals surface area contributed by atoms with Crippen molar-refractivity contribution >= 4 is 11.8 Å². The van der Waals surface area contributed by atoms with E-state index in [9.17, 15) is 9.59 Å². The van der Waals surface area contributed by atoms with Crippen molar-refractivity contribution in [1.29, 1.82) is 0 Å². The minimum Gasteiger partial charge on any atom is -0.346 e. The second kappa shape index (κ2) is 7.78. The third-order valence-electron chi connectivity index (χ3n) is 5.00. The molecule has 3 atom stereocenters. The number of nitrogens with one attached hydrogen (secondary N) is 2. The maximum atomic E-state index is 12.2. The van der Waals surface area contributed by atoms with Crippen molar-refractivity contribution < 1.29 is 9.59 Å². The number of piperidine rings is 1. The van der Waals surface area contributed by atoms with E-state index in [1.54, 1.807) is 4.90 Å².